The molecule has 0 spiro atoms. The van der Waals surface area contributed by atoms with Crippen molar-refractivity contribution in [2.75, 3.05) is 26.2 Å². The van der Waals surface area contributed by atoms with Gasteiger partial charge in [0.25, 0.3) is 0 Å². The van der Waals surface area contributed by atoms with E-state index in [4.69, 9.17) is 4.52 Å². The second-order valence-corrected chi connectivity index (χ2v) is 8.10. The number of benzene rings is 1. The topological polar surface area (TPSA) is 62.5 Å². The fraction of sp³-hybridized carbons (Fsp3) is 0.550. The molecule has 0 N–H and O–H groups in total. The smallest absolute Gasteiger partial charge is 0.243 e. The van der Waals surface area contributed by atoms with E-state index in [1.54, 1.807) is 12.1 Å². The van der Waals surface area contributed by atoms with Crippen LogP contribution in [0.5, 0.6) is 0 Å². The van der Waals surface area contributed by atoms with Gasteiger partial charge >= 0.3 is 0 Å². The molecule has 1 atom stereocenters. The molecule has 1 aromatic heterocycles. The second kappa shape index (κ2) is 7.76. The number of piperazine rings is 1. The Bertz CT molecular complexity index is 774. The van der Waals surface area contributed by atoms with Gasteiger partial charge in [0.2, 0.25) is 11.8 Å². The monoisotopic (exact) mass is 374 g/mol. The van der Waals surface area contributed by atoms with Gasteiger partial charge in [0.05, 0.1) is 12.5 Å². The van der Waals surface area contributed by atoms with Crippen molar-refractivity contribution in [2.45, 2.75) is 45.6 Å². The van der Waals surface area contributed by atoms with Gasteiger partial charge in [-0.15, -0.1) is 0 Å². The van der Waals surface area contributed by atoms with Crippen molar-refractivity contribution in [1.29, 1.82) is 0 Å². The second-order valence-electron chi connectivity index (χ2n) is 8.10. The lowest BCUT2D eigenvalue weighted by Crippen LogP contribution is -2.49. The molecule has 7 heteroatoms. The molecule has 1 aliphatic heterocycles. The zero-order valence-electron chi connectivity index (χ0n) is 16.4. The fourth-order valence-corrected chi connectivity index (χ4v) is 3.11. The van der Waals surface area contributed by atoms with Crippen molar-refractivity contribution in [3.8, 4) is 0 Å². The van der Waals surface area contributed by atoms with Crippen molar-refractivity contribution in [3.63, 3.8) is 0 Å². The highest BCUT2D eigenvalue weighted by atomic mass is 19.1. The lowest BCUT2D eigenvalue weighted by atomic mass is 9.96. The van der Waals surface area contributed by atoms with Crippen LogP contribution >= 0.6 is 0 Å². The largest absolute Gasteiger partial charge is 0.340 e. The number of amides is 1. The Hall–Kier alpha value is -2.28. The standard InChI is InChI=1S/C20H27FN4O2/c1-14(18-22-19(23-27-18)20(2,3)4)24-9-11-25(12-10-24)17(26)13-15-5-7-16(21)8-6-15/h5-8,14H,9-13H2,1-4H3. The van der Waals surface area contributed by atoms with Crippen molar-refractivity contribution in [1.82, 2.24) is 19.9 Å². The molecule has 146 valence electrons. The highest BCUT2D eigenvalue weighted by Gasteiger charge is 2.29. The summed E-state index contributed by atoms with van der Waals surface area (Å²) in [5.74, 6) is 1.11. The van der Waals surface area contributed by atoms with Gasteiger partial charge in [-0.05, 0) is 24.6 Å². The van der Waals surface area contributed by atoms with Crippen LogP contribution in [0.1, 0.15) is 51.0 Å². The van der Waals surface area contributed by atoms with E-state index < -0.39 is 0 Å². The summed E-state index contributed by atoms with van der Waals surface area (Å²) in [4.78, 5) is 21.1. The summed E-state index contributed by atoms with van der Waals surface area (Å²) in [6.07, 6.45) is 0.300. The normalized spacial score (nSPS) is 17.1. The highest BCUT2D eigenvalue weighted by molar-refractivity contribution is 5.78. The molecule has 1 amide bonds. The molecule has 2 heterocycles. The molecule has 0 aliphatic carbocycles. The van der Waals surface area contributed by atoms with Gasteiger partial charge in [0.15, 0.2) is 5.82 Å². The zero-order valence-corrected chi connectivity index (χ0v) is 16.4. The van der Waals surface area contributed by atoms with Crippen molar-refractivity contribution < 1.29 is 13.7 Å². The van der Waals surface area contributed by atoms with Crippen LogP contribution in [0.4, 0.5) is 4.39 Å². The number of carbonyl (C=O) groups excluding carboxylic acids is 1. The van der Waals surface area contributed by atoms with Crippen molar-refractivity contribution in [2.24, 2.45) is 0 Å². The third-order valence-corrected chi connectivity index (χ3v) is 4.95. The first-order valence-electron chi connectivity index (χ1n) is 9.34. The predicted octanol–water partition coefficient (Wildman–Crippen LogP) is 2.95. The Morgan fingerprint density at radius 3 is 2.37 bits per heavy atom. The van der Waals surface area contributed by atoms with Crippen LogP contribution < -0.4 is 0 Å². The van der Waals surface area contributed by atoms with Crippen LogP contribution in [0.15, 0.2) is 28.8 Å². The van der Waals surface area contributed by atoms with Gasteiger partial charge in [-0.1, -0.05) is 38.1 Å². The molecular formula is C20H27FN4O2. The summed E-state index contributed by atoms with van der Waals surface area (Å²) in [5.41, 5.74) is 0.685. The molecule has 3 rings (SSSR count). The lowest BCUT2D eigenvalue weighted by Gasteiger charge is -2.36. The van der Waals surface area contributed by atoms with Crippen LogP contribution in [-0.4, -0.2) is 52.0 Å². The van der Waals surface area contributed by atoms with E-state index in [2.05, 4.69) is 42.7 Å². The minimum absolute atomic E-state index is 0.0166. The molecule has 6 nitrogen and oxygen atoms in total. The molecule has 1 saturated heterocycles. The minimum atomic E-state index is -0.288. The zero-order chi connectivity index (χ0) is 19.6. The predicted molar refractivity (Wildman–Crippen MR) is 99.7 cm³/mol. The van der Waals surface area contributed by atoms with Gasteiger partial charge < -0.3 is 9.42 Å². The van der Waals surface area contributed by atoms with E-state index in [0.717, 1.165) is 18.7 Å². The van der Waals surface area contributed by atoms with Crippen LogP contribution in [0, 0.1) is 5.82 Å². The molecule has 0 saturated carbocycles. The summed E-state index contributed by atoms with van der Waals surface area (Å²) >= 11 is 0. The Kier molecular flexibility index (Phi) is 5.60. The van der Waals surface area contributed by atoms with Crippen LogP contribution in [0.3, 0.4) is 0 Å². The summed E-state index contributed by atoms with van der Waals surface area (Å²) in [5, 5.41) is 4.10. The third-order valence-electron chi connectivity index (χ3n) is 4.95. The molecule has 0 radical (unpaired) electrons. The quantitative estimate of drug-likeness (QED) is 0.823. The van der Waals surface area contributed by atoms with Gasteiger partial charge in [0, 0.05) is 31.6 Å². The number of rotatable bonds is 4. The number of aromatic nitrogens is 2. The van der Waals surface area contributed by atoms with E-state index in [9.17, 15) is 9.18 Å². The first-order chi connectivity index (χ1) is 12.7. The van der Waals surface area contributed by atoms with Gasteiger partial charge in [0.1, 0.15) is 5.82 Å². The number of hydrogen-bond donors (Lipinski definition) is 0. The average molecular weight is 374 g/mol. The maximum atomic E-state index is 13.0. The first-order valence-corrected chi connectivity index (χ1v) is 9.34. The molecule has 0 bridgehead atoms. The average Bonchev–Trinajstić information content (AvgIpc) is 3.14. The van der Waals surface area contributed by atoms with Crippen LogP contribution in [-0.2, 0) is 16.6 Å². The Morgan fingerprint density at radius 2 is 1.81 bits per heavy atom. The van der Waals surface area contributed by atoms with Gasteiger partial charge in [-0.25, -0.2) is 4.39 Å². The van der Waals surface area contributed by atoms with Crippen molar-refractivity contribution in [3.05, 3.63) is 47.4 Å². The Balaban J connectivity index is 1.54. The maximum Gasteiger partial charge on any atom is 0.243 e. The van der Waals surface area contributed by atoms with E-state index in [1.807, 2.05) is 4.90 Å². The summed E-state index contributed by atoms with van der Waals surface area (Å²) in [6, 6.07) is 6.11. The highest BCUT2D eigenvalue weighted by Crippen LogP contribution is 2.24. The summed E-state index contributed by atoms with van der Waals surface area (Å²) in [6.45, 7) is 11.0. The summed E-state index contributed by atoms with van der Waals surface area (Å²) in [7, 11) is 0. The Labute approximate surface area is 159 Å². The minimum Gasteiger partial charge on any atom is -0.340 e. The van der Waals surface area contributed by atoms with Gasteiger partial charge in [-0.2, -0.15) is 4.98 Å². The SMILES string of the molecule is CC(c1nc(C(C)(C)C)no1)N1CCN(C(=O)Cc2ccc(F)cc2)CC1. The third kappa shape index (κ3) is 4.71. The molecule has 1 fully saturated rings. The molecular weight excluding hydrogens is 347 g/mol. The lowest BCUT2D eigenvalue weighted by molar-refractivity contribution is -0.132. The Morgan fingerprint density at radius 1 is 1.19 bits per heavy atom. The maximum absolute atomic E-state index is 13.0. The molecule has 1 aromatic carbocycles. The first kappa shape index (κ1) is 19.5. The van der Waals surface area contributed by atoms with Crippen molar-refractivity contribution >= 4 is 5.91 Å². The molecule has 1 aliphatic rings. The van der Waals surface area contributed by atoms with E-state index in [1.165, 1.54) is 12.1 Å². The summed E-state index contributed by atoms with van der Waals surface area (Å²) < 4.78 is 18.4. The number of carbonyl (C=O) groups is 1. The van der Waals surface area contributed by atoms with Gasteiger partial charge in [-0.3, -0.25) is 9.69 Å². The number of halogens is 1. The number of nitrogens with zero attached hydrogens (tertiary/aromatic N) is 4. The van der Waals surface area contributed by atoms with Crippen LogP contribution in [0.2, 0.25) is 0 Å². The van der Waals surface area contributed by atoms with E-state index in [-0.39, 0.29) is 23.2 Å². The fourth-order valence-electron chi connectivity index (χ4n) is 3.11. The van der Waals surface area contributed by atoms with E-state index >= 15 is 0 Å². The molecule has 2 aromatic rings. The molecule has 27 heavy (non-hydrogen) atoms. The number of hydrogen-bond acceptors (Lipinski definition) is 5. The molecule has 1 unspecified atom stereocenters. The van der Waals surface area contributed by atoms with Crippen LogP contribution in [0.25, 0.3) is 0 Å². The van der Waals surface area contributed by atoms with E-state index in [0.29, 0.717) is 31.2 Å².